The number of aliphatic imine (C=N–C) groups is 1. The molecule has 1 aliphatic heterocycles. The number of hydrogen-bond donors (Lipinski definition) is 2. The Morgan fingerprint density at radius 3 is 2.40 bits per heavy atom. The second-order valence-electron chi connectivity index (χ2n) is 11.2. The number of ether oxygens (including phenoxy) is 4. The highest BCUT2D eigenvalue weighted by Gasteiger charge is 2.54. The van der Waals surface area contributed by atoms with Gasteiger partial charge < -0.3 is 29.4 Å². The van der Waals surface area contributed by atoms with Crippen LogP contribution in [0.4, 0.5) is 5.69 Å². The lowest BCUT2D eigenvalue weighted by atomic mass is 9.80. The third-order valence-corrected chi connectivity index (χ3v) is 8.20. The van der Waals surface area contributed by atoms with Crippen molar-refractivity contribution in [3.8, 4) is 17.2 Å². The fourth-order valence-corrected chi connectivity index (χ4v) is 5.82. The number of benzene rings is 4. The summed E-state index contributed by atoms with van der Waals surface area (Å²) in [5, 5.41) is 19.9. The average molecular weight is 677 g/mol. The Hall–Kier alpha value is -6.20. The third kappa shape index (κ3) is 7.74. The second kappa shape index (κ2) is 16.8. The fourth-order valence-electron chi connectivity index (χ4n) is 5.82. The topological polar surface area (TPSA) is 196 Å². The van der Waals surface area contributed by atoms with Crippen molar-refractivity contribution in [2.45, 2.75) is 37.6 Å². The van der Waals surface area contributed by atoms with Gasteiger partial charge in [0.1, 0.15) is 5.75 Å². The van der Waals surface area contributed by atoms with Crippen LogP contribution < -0.4 is 19.5 Å². The first-order chi connectivity index (χ1) is 24.5. The zero-order chi connectivity index (χ0) is 35.3. The molecule has 50 heavy (non-hydrogen) atoms. The quantitative estimate of drug-likeness (QED) is 0.0552. The standard InChI is InChI=1S/C36H36N8O6/c1-47-31-14-7-11-27(32(31)48-2)22-39-35(46)36(21-25-9-4-6-13-30(25)42-44-38)33(29-12-5-3-10-26(29)23-40-43-37)50-34(41-36)24-15-17-28(18-16-24)49-20-8-19-45/h3-7,9-18,33,45H,8,19-23H2,1-2H3,(H,39,46)/t33-,36-/m1/s1. The van der Waals surface area contributed by atoms with Crippen LogP contribution in [0.2, 0.25) is 0 Å². The summed E-state index contributed by atoms with van der Waals surface area (Å²) >= 11 is 0. The Morgan fingerprint density at radius 2 is 1.68 bits per heavy atom. The minimum absolute atomic E-state index is 0.00969. The van der Waals surface area contributed by atoms with Crippen molar-refractivity contribution in [2.24, 2.45) is 15.2 Å². The zero-order valence-electron chi connectivity index (χ0n) is 27.6. The van der Waals surface area contributed by atoms with E-state index in [1.165, 1.54) is 14.2 Å². The van der Waals surface area contributed by atoms with Crippen LogP contribution in [0.5, 0.6) is 17.2 Å². The highest BCUT2D eigenvalue weighted by molar-refractivity contribution is 6.01. The number of nitrogens with one attached hydrogen (secondary N) is 1. The number of methoxy groups -OCH3 is 2. The lowest BCUT2D eigenvalue weighted by Crippen LogP contribution is -2.50. The third-order valence-electron chi connectivity index (χ3n) is 8.20. The van der Waals surface area contributed by atoms with Crippen molar-refractivity contribution < 1.29 is 28.8 Å². The molecule has 1 aliphatic rings. The Labute approximate surface area is 288 Å². The summed E-state index contributed by atoms with van der Waals surface area (Å²) in [6.07, 6.45) is -0.532. The summed E-state index contributed by atoms with van der Waals surface area (Å²) in [7, 11) is 3.06. The molecular formula is C36H36N8O6. The smallest absolute Gasteiger partial charge is 0.252 e. The van der Waals surface area contributed by atoms with Crippen LogP contribution in [-0.4, -0.2) is 49.9 Å². The van der Waals surface area contributed by atoms with Gasteiger partial charge in [0.15, 0.2) is 23.1 Å². The maximum absolute atomic E-state index is 14.9. The van der Waals surface area contributed by atoms with Crippen LogP contribution in [0.25, 0.3) is 20.9 Å². The highest BCUT2D eigenvalue weighted by Crippen LogP contribution is 2.45. The van der Waals surface area contributed by atoms with Crippen molar-refractivity contribution in [1.82, 2.24) is 5.32 Å². The predicted molar refractivity (Wildman–Crippen MR) is 186 cm³/mol. The molecule has 4 aromatic rings. The zero-order valence-corrected chi connectivity index (χ0v) is 27.6. The molecule has 14 heteroatoms. The molecule has 4 aromatic carbocycles. The van der Waals surface area contributed by atoms with Gasteiger partial charge in [-0.1, -0.05) is 70.9 Å². The predicted octanol–water partition coefficient (Wildman–Crippen LogP) is 7.03. The molecule has 2 N–H and O–H groups in total. The first-order valence-electron chi connectivity index (χ1n) is 15.8. The normalized spacial score (nSPS) is 16.2. The van der Waals surface area contributed by atoms with Crippen molar-refractivity contribution in [3.63, 3.8) is 0 Å². The van der Waals surface area contributed by atoms with E-state index in [2.05, 4.69) is 25.4 Å². The molecular weight excluding hydrogens is 640 g/mol. The van der Waals surface area contributed by atoms with E-state index in [1.54, 1.807) is 60.7 Å². The first-order valence-corrected chi connectivity index (χ1v) is 15.8. The van der Waals surface area contributed by atoms with E-state index >= 15 is 0 Å². The molecule has 5 rings (SSSR count). The van der Waals surface area contributed by atoms with Gasteiger partial charge in [-0.05, 0) is 58.1 Å². The number of rotatable bonds is 16. The molecule has 0 aromatic heterocycles. The van der Waals surface area contributed by atoms with E-state index in [9.17, 15) is 10.3 Å². The summed E-state index contributed by atoms with van der Waals surface area (Å²) in [6.45, 7) is 0.443. The van der Waals surface area contributed by atoms with Gasteiger partial charge in [-0.25, -0.2) is 4.99 Å². The number of aliphatic hydroxyl groups excluding tert-OH is 1. The SMILES string of the molecule is COc1cccc(CNC(=O)[C@]2(Cc3ccccc3N=[N+]=[N-])N=C(c3ccc(OCCCO)cc3)O[C@@H]2c2ccccc2CN=[N+]=[N-])c1OC. The number of para-hydroxylation sites is 1. The number of nitrogens with zero attached hydrogens (tertiary/aromatic N) is 7. The van der Waals surface area contributed by atoms with Crippen molar-refractivity contribution in [3.05, 3.63) is 140 Å². The number of carbonyl (C=O) groups is 1. The molecule has 0 saturated heterocycles. The van der Waals surface area contributed by atoms with Gasteiger partial charge in [0.05, 0.1) is 27.4 Å². The number of aliphatic hydroxyl groups is 1. The van der Waals surface area contributed by atoms with E-state index in [-0.39, 0.29) is 32.0 Å². The van der Waals surface area contributed by atoms with Crippen LogP contribution in [0.1, 0.15) is 40.3 Å². The maximum Gasteiger partial charge on any atom is 0.252 e. The Balaban J connectivity index is 1.66. The van der Waals surface area contributed by atoms with E-state index < -0.39 is 17.6 Å². The summed E-state index contributed by atoms with van der Waals surface area (Å²) < 4.78 is 23.4. The molecule has 0 fully saturated rings. The molecule has 0 aliphatic carbocycles. The number of carbonyl (C=O) groups excluding carboxylic acids is 1. The molecule has 2 atom stereocenters. The van der Waals surface area contributed by atoms with E-state index in [4.69, 9.17) is 34.6 Å². The molecule has 0 unspecified atom stereocenters. The van der Waals surface area contributed by atoms with Crippen molar-refractivity contribution in [2.75, 3.05) is 27.4 Å². The van der Waals surface area contributed by atoms with Gasteiger partial charge in [-0.3, -0.25) is 4.79 Å². The first kappa shape index (κ1) is 35.1. The van der Waals surface area contributed by atoms with E-state index in [1.807, 2.05) is 30.3 Å². The molecule has 0 bridgehead atoms. The average Bonchev–Trinajstić information content (AvgIpc) is 3.54. The second-order valence-corrected chi connectivity index (χ2v) is 11.2. The van der Waals surface area contributed by atoms with Gasteiger partial charge >= 0.3 is 0 Å². The highest BCUT2D eigenvalue weighted by atomic mass is 16.5. The summed E-state index contributed by atoms with van der Waals surface area (Å²) in [4.78, 5) is 25.9. The molecule has 14 nitrogen and oxygen atoms in total. The molecule has 0 saturated carbocycles. The Kier molecular flexibility index (Phi) is 11.8. The number of azide groups is 2. The van der Waals surface area contributed by atoms with Gasteiger partial charge in [-0.15, -0.1) is 0 Å². The van der Waals surface area contributed by atoms with Crippen molar-refractivity contribution >= 4 is 17.5 Å². The van der Waals surface area contributed by atoms with Gasteiger partial charge in [-0.2, -0.15) is 0 Å². The summed E-state index contributed by atoms with van der Waals surface area (Å²) in [5.41, 5.74) is 20.3. The largest absolute Gasteiger partial charge is 0.494 e. The summed E-state index contributed by atoms with van der Waals surface area (Å²) in [5.74, 6) is 1.31. The van der Waals surface area contributed by atoms with Crippen molar-refractivity contribution in [1.29, 1.82) is 0 Å². The van der Waals surface area contributed by atoms with Gasteiger partial charge in [0, 0.05) is 52.6 Å². The molecule has 1 amide bonds. The van der Waals surface area contributed by atoms with E-state index in [0.29, 0.717) is 63.8 Å². The Bertz CT molecular complexity index is 1940. The lowest BCUT2D eigenvalue weighted by molar-refractivity contribution is -0.129. The molecule has 0 radical (unpaired) electrons. The summed E-state index contributed by atoms with van der Waals surface area (Å²) in [6, 6.07) is 26.7. The Morgan fingerprint density at radius 1 is 0.940 bits per heavy atom. The van der Waals surface area contributed by atoms with Crippen LogP contribution in [-0.2, 0) is 29.0 Å². The molecule has 1 heterocycles. The lowest BCUT2D eigenvalue weighted by Gasteiger charge is -2.32. The van der Waals surface area contributed by atoms with Crippen LogP contribution in [0.3, 0.4) is 0 Å². The minimum Gasteiger partial charge on any atom is -0.494 e. The monoisotopic (exact) mass is 676 g/mol. The van der Waals surface area contributed by atoms with Gasteiger partial charge in [0.2, 0.25) is 5.90 Å². The van der Waals surface area contributed by atoms with E-state index in [0.717, 1.165) is 0 Å². The van der Waals surface area contributed by atoms with Crippen LogP contribution in [0.15, 0.2) is 106 Å². The molecule has 0 spiro atoms. The maximum atomic E-state index is 14.9. The fraction of sp³-hybridized carbons (Fsp3) is 0.278. The number of hydrogen-bond acceptors (Lipinski definition) is 9. The molecule has 256 valence electrons. The minimum atomic E-state index is -1.65. The van der Waals surface area contributed by atoms with Gasteiger partial charge in [0.25, 0.3) is 5.91 Å². The number of amides is 1. The van der Waals surface area contributed by atoms with Crippen LogP contribution >= 0.6 is 0 Å². The van der Waals surface area contributed by atoms with Crippen LogP contribution in [0, 0.1) is 0 Å².